The van der Waals surface area contributed by atoms with Crippen molar-refractivity contribution in [2.45, 2.75) is 45.3 Å². The number of nitrogens with one attached hydrogen (secondary N) is 1. The Bertz CT molecular complexity index is 1520. The quantitative estimate of drug-likeness (QED) is 0.157. The highest BCUT2D eigenvalue weighted by Crippen LogP contribution is 2.21. The van der Waals surface area contributed by atoms with Gasteiger partial charge in [0.05, 0.1) is 5.71 Å². The summed E-state index contributed by atoms with van der Waals surface area (Å²) < 4.78 is 18.3. The minimum absolute atomic E-state index is 0.216. The molecule has 4 rings (SSSR count). The first kappa shape index (κ1) is 30.0. The fraction of sp³-hybridized carbons (Fsp3) is 0.242. The van der Waals surface area contributed by atoms with Gasteiger partial charge in [0, 0.05) is 30.2 Å². The lowest BCUT2D eigenvalue weighted by Crippen LogP contribution is -2.32. The molecule has 0 aromatic heterocycles. The maximum Gasteiger partial charge on any atom is 0.351 e. The van der Waals surface area contributed by atoms with Crippen molar-refractivity contribution in [2.24, 2.45) is 5.16 Å². The highest BCUT2D eigenvalue weighted by atomic mass is 19.1. The Hall–Kier alpha value is -4.92. The Kier molecular flexibility index (Phi) is 9.42. The van der Waals surface area contributed by atoms with E-state index in [0.717, 1.165) is 5.56 Å². The van der Waals surface area contributed by atoms with E-state index in [1.165, 1.54) is 42.5 Å². The molecular formula is C33H31FN2O6. The smallest absolute Gasteiger partial charge is 0.351 e. The molecule has 0 aliphatic carbocycles. The van der Waals surface area contributed by atoms with Crippen LogP contribution in [0.1, 0.15) is 64.6 Å². The maximum atomic E-state index is 13.0. The Balaban J connectivity index is 1.27. The summed E-state index contributed by atoms with van der Waals surface area (Å²) in [4.78, 5) is 55.2. The van der Waals surface area contributed by atoms with Crippen LogP contribution < -0.4 is 5.32 Å². The number of ketones is 2. The first-order valence-electron chi connectivity index (χ1n) is 13.4. The Morgan fingerprint density at radius 3 is 2.12 bits per heavy atom. The van der Waals surface area contributed by atoms with E-state index in [4.69, 9.17) is 9.57 Å². The summed E-state index contributed by atoms with van der Waals surface area (Å²) >= 11 is 0. The van der Waals surface area contributed by atoms with E-state index >= 15 is 0 Å². The predicted molar refractivity (Wildman–Crippen MR) is 156 cm³/mol. The number of carbonyl (C=O) groups is 4. The molecule has 1 N–H and O–H groups in total. The third kappa shape index (κ3) is 8.30. The van der Waals surface area contributed by atoms with Crippen LogP contribution in [0.15, 0.2) is 84.0 Å². The van der Waals surface area contributed by atoms with Crippen molar-refractivity contribution in [3.05, 3.63) is 113 Å². The first-order valence-corrected chi connectivity index (χ1v) is 13.4. The van der Waals surface area contributed by atoms with E-state index in [-0.39, 0.29) is 29.3 Å². The highest BCUT2D eigenvalue weighted by molar-refractivity contribution is 6.49. The summed E-state index contributed by atoms with van der Waals surface area (Å²) in [6.45, 7) is 5.71. The lowest BCUT2D eigenvalue weighted by Gasteiger charge is -2.20. The third-order valence-electron chi connectivity index (χ3n) is 6.25. The molecule has 1 unspecified atom stereocenters. The number of esters is 1. The molecule has 1 aliphatic heterocycles. The standard InChI is InChI=1S/C33H31FN2O6/c1-33(2,3)41-32(40)28-20-27(36-42-28)23-11-13-25(14-12-23)31(39)30(38)24-9-4-21(5-10-24)8-17-29(37)35-19-18-22-6-15-26(34)16-7-22/h4-17,28H,18-20H2,1-3H3,(H,35,37)/b17-8+. The Morgan fingerprint density at radius 2 is 1.52 bits per heavy atom. The molecule has 0 radical (unpaired) electrons. The van der Waals surface area contributed by atoms with Crippen molar-refractivity contribution < 1.29 is 33.1 Å². The number of carbonyl (C=O) groups excluding carboxylic acids is 4. The molecule has 1 atom stereocenters. The zero-order chi connectivity index (χ0) is 30.3. The Labute approximate surface area is 243 Å². The van der Waals surface area contributed by atoms with Gasteiger partial charge in [0.2, 0.25) is 23.6 Å². The fourth-order valence-corrected chi connectivity index (χ4v) is 4.08. The van der Waals surface area contributed by atoms with Gasteiger partial charge in [0.1, 0.15) is 11.4 Å². The van der Waals surface area contributed by atoms with Crippen molar-refractivity contribution in [3.63, 3.8) is 0 Å². The lowest BCUT2D eigenvalue weighted by atomic mass is 9.98. The molecule has 1 heterocycles. The largest absolute Gasteiger partial charge is 0.457 e. The van der Waals surface area contributed by atoms with Crippen LogP contribution in [0.2, 0.25) is 0 Å². The number of hydrogen-bond donors (Lipinski definition) is 1. The van der Waals surface area contributed by atoms with Gasteiger partial charge in [-0.15, -0.1) is 0 Å². The van der Waals surface area contributed by atoms with Crippen molar-refractivity contribution in [1.29, 1.82) is 0 Å². The van der Waals surface area contributed by atoms with E-state index < -0.39 is 29.2 Å². The summed E-state index contributed by atoms with van der Waals surface area (Å²) in [6.07, 6.45) is 2.96. The fourth-order valence-electron chi connectivity index (χ4n) is 4.08. The zero-order valence-electron chi connectivity index (χ0n) is 23.6. The number of benzene rings is 3. The van der Waals surface area contributed by atoms with Crippen LogP contribution in [0.5, 0.6) is 0 Å². The molecule has 216 valence electrons. The lowest BCUT2D eigenvalue weighted by molar-refractivity contribution is -0.166. The molecule has 1 aliphatic rings. The van der Waals surface area contributed by atoms with E-state index in [1.54, 1.807) is 63.2 Å². The van der Waals surface area contributed by atoms with Gasteiger partial charge in [-0.05, 0) is 62.1 Å². The van der Waals surface area contributed by atoms with Gasteiger partial charge in [0.25, 0.3) is 0 Å². The van der Waals surface area contributed by atoms with Gasteiger partial charge in [-0.1, -0.05) is 65.8 Å². The molecule has 42 heavy (non-hydrogen) atoms. The molecule has 3 aromatic carbocycles. The van der Waals surface area contributed by atoms with Gasteiger partial charge in [-0.3, -0.25) is 14.4 Å². The zero-order valence-corrected chi connectivity index (χ0v) is 23.6. The third-order valence-corrected chi connectivity index (χ3v) is 6.25. The average Bonchev–Trinajstić information content (AvgIpc) is 3.47. The number of nitrogens with zero attached hydrogens (tertiary/aromatic N) is 1. The topological polar surface area (TPSA) is 111 Å². The van der Waals surface area contributed by atoms with Crippen LogP contribution in [0.25, 0.3) is 6.08 Å². The van der Waals surface area contributed by atoms with Crippen LogP contribution in [0.3, 0.4) is 0 Å². The van der Waals surface area contributed by atoms with Gasteiger partial charge in [-0.25, -0.2) is 9.18 Å². The SMILES string of the molecule is CC(C)(C)OC(=O)C1CC(c2ccc(C(=O)C(=O)c3ccc(/C=C/C(=O)NCCc4ccc(F)cc4)cc3)cc2)=NO1. The minimum atomic E-state index is -0.831. The number of hydrogen-bond acceptors (Lipinski definition) is 7. The molecule has 9 heteroatoms. The summed E-state index contributed by atoms with van der Waals surface area (Å²) in [7, 11) is 0. The number of oxime groups is 1. The van der Waals surface area contributed by atoms with E-state index in [0.29, 0.717) is 29.8 Å². The summed E-state index contributed by atoms with van der Waals surface area (Å²) in [5, 5.41) is 6.74. The number of rotatable bonds is 10. The maximum absolute atomic E-state index is 13.0. The number of Topliss-reactive ketones (excluding diaryl/α,β-unsaturated/α-hetero) is 2. The van der Waals surface area contributed by atoms with Gasteiger partial charge in [0.15, 0.2) is 0 Å². The van der Waals surface area contributed by atoms with Crippen molar-refractivity contribution in [1.82, 2.24) is 5.32 Å². The minimum Gasteiger partial charge on any atom is -0.457 e. The molecule has 3 aromatic rings. The molecule has 8 nitrogen and oxygen atoms in total. The predicted octanol–water partition coefficient (Wildman–Crippen LogP) is 5.10. The second-order valence-electron chi connectivity index (χ2n) is 10.7. The van der Waals surface area contributed by atoms with Crippen LogP contribution >= 0.6 is 0 Å². The average molecular weight is 571 g/mol. The van der Waals surface area contributed by atoms with E-state index in [1.807, 2.05) is 0 Å². The van der Waals surface area contributed by atoms with Gasteiger partial charge < -0.3 is 14.9 Å². The summed E-state index contributed by atoms with van der Waals surface area (Å²) in [6, 6.07) is 18.8. The second-order valence-corrected chi connectivity index (χ2v) is 10.7. The number of amides is 1. The van der Waals surface area contributed by atoms with Crippen LogP contribution in [-0.2, 0) is 25.6 Å². The van der Waals surface area contributed by atoms with Crippen molar-refractivity contribution >= 4 is 35.2 Å². The molecule has 0 fully saturated rings. The summed E-state index contributed by atoms with van der Waals surface area (Å²) in [5.41, 5.74) is 2.60. The molecule has 0 saturated heterocycles. The number of ether oxygens (including phenoxy) is 1. The number of halogens is 1. The monoisotopic (exact) mass is 570 g/mol. The normalized spacial score (nSPS) is 14.7. The molecular weight excluding hydrogens is 539 g/mol. The molecule has 0 bridgehead atoms. The second kappa shape index (κ2) is 13.2. The van der Waals surface area contributed by atoms with Crippen molar-refractivity contribution in [2.75, 3.05) is 6.54 Å². The molecule has 0 spiro atoms. The van der Waals surface area contributed by atoms with Crippen LogP contribution in [0, 0.1) is 5.82 Å². The van der Waals surface area contributed by atoms with Crippen LogP contribution in [0.4, 0.5) is 4.39 Å². The van der Waals surface area contributed by atoms with Gasteiger partial charge >= 0.3 is 5.97 Å². The van der Waals surface area contributed by atoms with Crippen LogP contribution in [-0.4, -0.2) is 47.4 Å². The van der Waals surface area contributed by atoms with E-state index in [2.05, 4.69) is 10.5 Å². The first-order chi connectivity index (χ1) is 20.0. The summed E-state index contributed by atoms with van der Waals surface area (Å²) in [5.74, 6) is -2.42. The Morgan fingerprint density at radius 1 is 0.929 bits per heavy atom. The molecule has 0 saturated carbocycles. The van der Waals surface area contributed by atoms with Gasteiger partial charge in [-0.2, -0.15) is 0 Å². The van der Waals surface area contributed by atoms with Crippen molar-refractivity contribution in [3.8, 4) is 0 Å². The highest BCUT2D eigenvalue weighted by Gasteiger charge is 2.33. The van der Waals surface area contributed by atoms with E-state index in [9.17, 15) is 23.6 Å². The molecule has 1 amide bonds.